The highest BCUT2D eigenvalue weighted by atomic mass is 16.5. The smallest absolute Gasteiger partial charge is 0.248 e. The number of carbonyl (C=O) groups is 3. The first-order chi connectivity index (χ1) is 15.1. The van der Waals surface area contributed by atoms with Crippen LogP contribution in [0.4, 0.5) is 5.69 Å². The van der Waals surface area contributed by atoms with E-state index in [1.54, 1.807) is 31.4 Å². The van der Waals surface area contributed by atoms with Crippen LogP contribution >= 0.6 is 0 Å². The lowest BCUT2D eigenvalue weighted by molar-refractivity contribution is -0.147. The number of fused-ring (bicyclic) bond motifs is 5. The van der Waals surface area contributed by atoms with Crippen LogP contribution in [0.25, 0.3) is 0 Å². The highest BCUT2D eigenvalue weighted by Gasteiger charge is 2.61. The van der Waals surface area contributed by atoms with E-state index < -0.39 is 6.04 Å². The van der Waals surface area contributed by atoms with Gasteiger partial charge in [0.1, 0.15) is 11.8 Å². The van der Waals surface area contributed by atoms with E-state index in [4.69, 9.17) is 4.74 Å². The topological polar surface area (TPSA) is 75.7 Å². The van der Waals surface area contributed by atoms with Gasteiger partial charge in [0.25, 0.3) is 0 Å². The van der Waals surface area contributed by atoms with Gasteiger partial charge in [0.05, 0.1) is 18.9 Å². The number of carbonyl (C=O) groups excluding carboxylic acids is 3. The van der Waals surface area contributed by atoms with Crippen LogP contribution in [-0.2, 0) is 20.8 Å². The minimum atomic E-state index is -0.904. The Hall–Kier alpha value is -3.41. The molecule has 0 radical (unpaired) electrons. The van der Waals surface area contributed by atoms with Gasteiger partial charge in [-0.05, 0) is 36.0 Å². The zero-order chi connectivity index (χ0) is 21.5. The molecule has 1 aliphatic heterocycles. The van der Waals surface area contributed by atoms with Crippen molar-refractivity contribution in [1.29, 1.82) is 0 Å². The summed E-state index contributed by atoms with van der Waals surface area (Å²) in [6.45, 7) is 0. The number of benzene rings is 2. The van der Waals surface area contributed by atoms with Crippen molar-refractivity contribution >= 4 is 23.4 Å². The Morgan fingerprint density at radius 2 is 1.71 bits per heavy atom. The number of nitrogens with one attached hydrogen (secondary N) is 1. The molecular formula is C25H24N2O4. The van der Waals surface area contributed by atoms with Crippen LogP contribution in [0.3, 0.4) is 0 Å². The fourth-order valence-electron chi connectivity index (χ4n) is 5.30. The third-order valence-corrected chi connectivity index (χ3v) is 6.73. The number of hydrogen-bond acceptors (Lipinski definition) is 4. The maximum Gasteiger partial charge on any atom is 0.248 e. The molecule has 2 aromatic rings. The predicted octanol–water partition coefficient (Wildman–Crippen LogP) is 3.05. The zero-order valence-electron chi connectivity index (χ0n) is 17.2. The van der Waals surface area contributed by atoms with Crippen LogP contribution in [0.1, 0.15) is 12.0 Å². The van der Waals surface area contributed by atoms with Crippen LogP contribution in [0.5, 0.6) is 5.75 Å². The summed E-state index contributed by atoms with van der Waals surface area (Å²) in [7, 11) is 1.56. The van der Waals surface area contributed by atoms with E-state index in [-0.39, 0.29) is 47.8 Å². The molecule has 3 aliphatic rings. The normalized spacial score (nSPS) is 26.8. The summed E-state index contributed by atoms with van der Waals surface area (Å²) in [5.74, 6) is -0.634. The third kappa shape index (κ3) is 3.32. The lowest BCUT2D eigenvalue weighted by Gasteiger charge is -2.27. The molecule has 158 valence electrons. The minimum Gasteiger partial charge on any atom is -0.497 e. The van der Waals surface area contributed by atoms with Gasteiger partial charge in [-0.1, -0.05) is 48.6 Å². The van der Waals surface area contributed by atoms with Gasteiger partial charge in [-0.15, -0.1) is 0 Å². The lowest BCUT2D eigenvalue weighted by Crippen LogP contribution is -2.49. The predicted molar refractivity (Wildman–Crippen MR) is 115 cm³/mol. The lowest BCUT2D eigenvalue weighted by atomic mass is 9.85. The van der Waals surface area contributed by atoms with E-state index in [2.05, 4.69) is 17.5 Å². The quantitative estimate of drug-likeness (QED) is 0.580. The van der Waals surface area contributed by atoms with Crippen LogP contribution in [0, 0.1) is 23.7 Å². The van der Waals surface area contributed by atoms with Gasteiger partial charge in [-0.25, -0.2) is 0 Å². The minimum absolute atomic E-state index is 0.107. The third-order valence-electron chi connectivity index (χ3n) is 6.73. The second kappa shape index (κ2) is 7.69. The number of rotatable bonds is 6. The molecular weight excluding hydrogens is 392 g/mol. The molecule has 2 bridgehead atoms. The van der Waals surface area contributed by atoms with Crippen LogP contribution in [0.15, 0.2) is 66.7 Å². The highest BCUT2D eigenvalue weighted by Crippen LogP contribution is 2.53. The second-order valence-electron chi connectivity index (χ2n) is 8.47. The summed E-state index contributed by atoms with van der Waals surface area (Å²) in [5.41, 5.74) is 1.45. The first-order valence-electron chi connectivity index (χ1n) is 10.6. The molecule has 0 unspecified atom stereocenters. The molecule has 1 N–H and O–H groups in total. The molecule has 1 saturated heterocycles. The molecule has 6 nitrogen and oxygen atoms in total. The molecule has 5 rings (SSSR count). The largest absolute Gasteiger partial charge is 0.497 e. The first kappa shape index (κ1) is 19.5. The summed E-state index contributed by atoms with van der Waals surface area (Å²) in [6.07, 6.45) is 5.25. The van der Waals surface area contributed by atoms with Gasteiger partial charge in [0.15, 0.2) is 0 Å². The Morgan fingerprint density at radius 3 is 2.35 bits per heavy atom. The standard InChI is InChI=1S/C25H24N2O4/c1-31-19-9-5-8-18(14-19)26-23(28)20(12-15-6-3-2-4-7-15)27-24(29)21-16-10-11-17(13-16)22(21)25(27)30/h2-11,14,16-17,20-22H,12-13H2,1H3,(H,26,28)/t16-,17-,20+,21-,22-/m0/s1. The number of amides is 3. The van der Waals surface area contributed by atoms with Crippen molar-refractivity contribution in [3.8, 4) is 5.75 Å². The molecule has 2 fully saturated rings. The summed E-state index contributed by atoms with van der Waals surface area (Å²) in [5, 5.41) is 2.88. The molecule has 3 amide bonds. The van der Waals surface area contributed by atoms with Crippen molar-refractivity contribution < 1.29 is 19.1 Å². The van der Waals surface area contributed by atoms with E-state index in [1.165, 1.54) is 4.90 Å². The Balaban J connectivity index is 1.45. The SMILES string of the molecule is COc1cccc(NC(=O)[C@@H](Cc2ccccc2)N2C(=O)[C@@H]3[C@@H](C2=O)[C@H]2C=C[C@H]3C2)c1. The van der Waals surface area contributed by atoms with E-state index >= 15 is 0 Å². The van der Waals surface area contributed by atoms with Crippen LogP contribution in [0.2, 0.25) is 0 Å². The Bertz CT molecular complexity index is 1030. The summed E-state index contributed by atoms with van der Waals surface area (Å²) in [6, 6.07) is 15.6. The number of hydrogen-bond donors (Lipinski definition) is 1. The monoisotopic (exact) mass is 416 g/mol. The van der Waals surface area contributed by atoms with Gasteiger partial charge in [-0.3, -0.25) is 19.3 Å². The molecule has 0 aromatic heterocycles. The van der Waals surface area contributed by atoms with E-state index in [9.17, 15) is 14.4 Å². The summed E-state index contributed by atoms with van der Waals surface area (Å²) >= 11 is 0. The van der Waals surface area contributed by atoms with E-state index in [1.807, 2.05) is 30.3 Å². The average molecular weight is 416 g/mol. The number of ether oxygens (including phenoxy) is 1. The van der Waals surface area contributed by atoms with Crippen LogP contribution < -0.4 is 10.1 Å². The summed E-state index contributed by atoms with van der Waals surface area (Å²) in [4.78, 5) is 41.3. The van der Waals surface area contributed by atoms with Crippen LogP contribution in [-0.4, -0.2) is 35.8 Å². The number of allylic oxidation sites excluding steroid dienone is 2. The molecule has 2 aliphatic carbocycles. The Morgan fingerprint density at radius 1 is 1.03 bits per heavy atom. The molecule has 0 spiro atoms. The van der Waals surface area contributed by atoms with Crippen molar-refractivity contribution in [3.05, 3.63) is 72.3 Å². The molecule has 1 saturated carbocycles. The molecule has 6 heteroatoms. The Kier molecular flexibility index (Phi) is 4.85. The van der Waals surface area contributed by atoms with Crippen molar-refractivity contribution in [2.45, 2.75) is 18.9 Å². The first-order valence-corrected chi connectivity index (χ1v) is 10.6. The highest BCUT2D eigenvalue weighted by molar-refractivity contribution is 6.11. The van der Waals surface area contributed by atoms with Crippen molar-refractivity contribution in [2.75, 3.05) is 12.4 Å². The van der Waals surface area contributed by atoms with Gasteiger partial charge in [0, 0.05) is 18.2 Å². The van der Waals surface area contributed by atoms with Gasteiger partial charge < -0.3 is 10.1 Å². The Labute approximate surface area is 180 Å². The van der Waals surface area contributed by atoms with Crippen molar-refractivity contribution in [1.82, 2.24) is 4.90 Å². The maximum absolute atomic E-state index is 13.4. The number of anilines is 1. The number of nitrogens with zero attached hydrogens (tertiary/aromatic N) is 1. The second-order valence-corrected chi connectivity index (χ2v) is 8.47. The molecule has 5 atom stereocenters. The van der Waals surface area contributed by atoms with E-state index in [0.29, 0.717) is 11.4 Å². The maximum atomic E-state index is 13.4. The van der Waals surface area contributed by atoms with Crippen molar-refractivity contribution in [3.63, 3.8) is 0 Å². The fraction of sp³-hybridized carbons (Fsp3) is 0.320. The van der Waals surface area contributed by atoms with Gasteiger partial charge >= 0.3 is 0 Å². The average Bonchev–Trinajstić information content (AvgIpc) is 3.47. The number of methoxy groups -OCH3 is 1. The molecule has 1 heterocycles. The fourth-order valence-corrected chi connectivity index (χ4v) is 5.30. The summed E-state index contributed by atoms with van der Waals surface area (Å²) < 4.78 is 5.23. The number of imide groups is 1. The molecule has 2 aromatic carbocycles. The number of likely N-dealkylation sites (tertiary alicyclic amines) is 1. The van der Waals surface area contributed by atoms with Crippen molar-refractivity contribution in [2.24, 2.45) is 23.7 Å². The van der Waals surface area contributed by atoms with E-state index in [0.717, 1.165) is 12.0 Å². The van der Waals surface area contributed by atoms with Gasteiger partial charge in [-0.2, -0.15) is 0 Å². The van der Waals surface area contributed by atoms with Gasteiger partial charge in [0.2, 0.25) is 17.7 Å². The molecule has 31 heavy (non-hydrogen) atoms. The zero-order valence-corrected chi connectivity index (χ0v) is 17.2.